The molecule has 2 rings (SSSR count). The largest absolute Gasteiger partial charge is 0.465 e. The smallest absolute Gasteiger partial charge is 0.337 e. The lowest BCUT2D eigenvalue weighted by molar-refractivity contribution is 0.0600. The van der Waals surface area contributed by atoms with E-state index in [2.05, 4.69) is 20.3 Å². The van der Waals surface area contributed by atoms with E-state index in [4.69, 9.17) is 0 Å². The lowest BCUT2D eigenvalue weighted by atomic mass is 10.1. The number of esters is 1. The van der Waals surface area contributed by atoms with E-state index in [1.165, 1.54) is 30.6 Å². The summed E-state index contributed by atoms with van der Waals surface area (Å²) in [5.74, 6) is -0.737. The zero-order chi connectivity index (χ0) is 13.8. The van der Waals surface area contributed by atoms with Crippen molar-refractivity contribution in [1.29, 1.82) is 0 Å². The van der Waals surface area contributed by atoms with E-state index in [1.807, 2.05) is 0 Å². The standard InChI is InChI=1S/C12H11N3O3S/c1-7-14-15-12(19-7)13-10(16)8-3-5-9(6-4-8)11(17)18-2/h3-6H,1-2H3,(H,13,15,16). The van der Waals surface area contributed by atoms with Gasteiger partial charge < -0.3 is 4.74 Å². The van der Waals surface area contributed by atoms with Gasteiger partial charge in [0.1, 0.15) is 5.01 Å². The van der Waals surface area contributed by atoms with Crippen molar-refractivity contribution in [3.05, 3.63) is 40.4 Å². The van der Waals surface area contributed by atoms with E-state index in [0.717, 1.165) is 5.01 Å². The molecule has 0 fully saturated rings. The zero-order valence-corrected chi connectivity index (χ0v) is 11.2. The molecule has 2 aromatic rings. The Kier molecular flexibility index (Phi) is 3.86. The number of aryl methyl sites for hydroxylation is 1. The molecule has 0 unspecified atom stereocenters. The number of hydrogen-bond donors (Lipinski definition) is 1. The maximum absolute atomic E-state index is 11.9. The van der Waals surface area contributed by atoms with Gasteiger partial charge in [-0.15, -0.1) is 10.2 Å². The van der Waals surface area contributed by atoms with Crippen LogP contribution >= 0.6 is 11.3 Å². The van der Waals surface area contributed by atoms with E-state index in [-0.39, 0.29) is 5.91 Å². The minimum Gasteiger partial charge on any atom is -0.465 e. The van der Waals surface area contributed by atoms with Crippen LogP contribution in [0, 0.1) is 6.92 Å². The predicted molar refractivity (Wildman–Crippen MR) is 70.4 cm³/mol. The minimum atomic E-state index is -0.438. The highest BCUT2D eigenvalue weighted by Gasteiger charge is 2.10. The lowest BCUT2D eigenvalue weighted by Gasteiger charge is -2.02. The fraction of sp³-hybridized carbons (Fsp3) is 0.167. The highest BCUT2D eigenvalue weighted by atomic mass is 32.1. The topological polar surface area (TPSA) is 81.2 Å². The van der Waals surface area contributed by atoms with Crippen LogP contribution < -0.4 is 5.32 Å². The van der Waals surface area contributed by atoms with E-state index < -0.39 is 5.97 Å². The van der Waals surface area contributed by atoms with Crippen molar-refractivity contribution in [2.24, 2.45) is 0 Å². The summed E-state index contributed by atoms with van der Waals surface area (Å²) in [5, 5.41) is 11.5. The number of hydrogen-bond acceptors (Lipinski definition) is 6. The second-order valence-corrected chi connectivity index (χ2v) is 4.83. The molecule has 1 heterocycles. The molecule has 19 heavy (non-hydrogen) atoms. The molecule has 98 valence electrons. The highest BCUT2D eigenvalue weighted by molar-refractivity contribution is 7.15. The van der Waals surface area contributed by atoms with Gasteiger partial charge >= 0.3 is 5.97 Å². The molecule has 6 nitrogen and oxygen atoms in total. The molecule has 1 aromatic heterocycles. The van der Waals surface area contributed by atoms with E-state index in [0.29, 0.717) is 16.3 Å². The summed E-state index contributed by atoms with van der Waals surface area (Å²) in [6, 6.07) is 6.17. The first-order valence-electron chi connectivity index (χ1n) is 5.40. The third-order valence-corrected chi connectivity index (χ3v) is 3.07. The van der Waals surface area contributed by atoms with Crippen LogP contribution in [0.2, 0.25) is 0 Å². The van der Waals surface area contributed by atoms with Crippen LogP contribution in [0.1, 0.15) is 25.7 Å². The van der Waals surface area contributed by atoms with Gasteiger partial charge in [0, 0.05) is 5.56 Å². The number of amides is 1. The fourth-order valence-electron chi connectivity index (χ4n) is 1.39. The zero-order valence-electron chi connectivity index (χ0n) is 10.3. The third kappa shape index (κ3) is 3.14. The Morgan fingerprint density at radius 3 is 2.32 bits per heavy atom. The van der Waals surface area contributed by atoms with Crippen molar-refractivity contribution in [3.63, 3.8) is 0 Å². The normalized spacial score (nSPS) is 10.0. The molecular formula is C12H11N3O3S. The third-order valence-electron chi connectivity index (χ3n) is 2.31. The monoisotopic (exact) mass is 277 g/mol. The number of anilines is 1. The van der Waals surface area contributed by atoms with Gasteiger partial charge in [0.05, 0.1) is 12.7 Å². The van der Waals surface area contributed by atoms with Gasteiger partial charge in [0.15, 0.2) is 0 Å². The Morgan fingerprint density at radius 1 is 1.16 bits per heavy atom. The Labute approximate surface area is 113 Å². The highest BCUT2D eigenvalue weighted by Crippen LogP contribution is 2.15. The number of methoxy groups -OCH3 is 1. The summed E-state index contributed by atoms with van der Waals surface area (Å²) in [5.41, 5.74) is 0.825. The fourth-order valence-corrected chi connectivity index (χ4v) is 1.98. The average Bonchev–Trinajstić information content (AvgIpc) is 2.83. The molecule has 7 heteroatoms. The van der Waals surface area contributed by atoms with Crippen LogP contribution in [-0.2, 0) is 4.74 Å². The molecular weight excluding hydrogens is 266 g/mol. The molecule has 0 saturated carbocycles. The van der Waals surface area contributed by atoms with Crippen molar-refractivity contribution in [3.8, 4) is 0 Å². The number of nitrogens with one attached hydrogen (secondary N) is 1. The molecule has 0 bridgehead atoms. The van der Waals surface area contributed by atoms with Gasteiger partial charge in [-0.2, -0.15) is 0 Å². The Balaban J connectivity index is 2.09. The molecule has 0 radical (unpaired) electrons. The molecule has 0 aliphatic carbocycles. The molecule has 1 amide bonds. The van der Waals surface area contributed by atoms with Gasteiger partial charge in [-0.1, -0.05) is 11.3 Å². The van der Waals surface area contributed by atoms with E-state index >= 15 is 0 Å². The summed E-state index contributed by atoms with van der Waals surface area (Å²) < 4.78 is 4.58. The maximum atomic E-state index is 11.9. The van der Waals surface area contributed by atoms with Crippen molar-refractivity contribution >= 4 is 28.3 Å². The van der Waals surface area contributed by atoms with Gasteiger partial charge in [0.2, 0.25) is 5.13 Å². The molecule has 0 spiro atoms. The number of carbonyl (C=O) groups is 2. The Morgan fingerprint density at radius 2 is 1.79 bits per heavy atom. The predicted octanol–water partition coefficient (Wildman–Crippen LogP) is 1.89. The number of ether oxygens (including phenoxy) is 1. The maximum Gasteiger partial charge on any atom is 0.337 e. The summed E-state index contributed by atoms with van der Waals surface area (Å²) in [6.45, 7) is 1.80. The first kappa shape index (κ1) is 13.2. The summed E-state index contributed by atoms with van der Waals surface area (Å²) in [7, 11) is 1.31. The van der Waals surface area contributed by atoms with E-state index in [1.54, 1.807) is 19.1 Å². The average molecular weight is 277 g/mol. The van der Waals surface area contributed by atoms with Crippen LogP contribution in [0.4, 0.5) is 5.13 Å². The van der Waals surface area contributed by atoms with Crippen LogP contribution in [0.5, 0.6) is 0 Å². The van der Waals surface area contributed by atoms with Gasteiger partial charge in [-0.05, 0) is 31.2 Å². The van der Waals surface area contributed by atoms with Crippen LogP contribution in [0.25, 0.3) is 0 Å². The SMILES string of the molecule is COC(=O)c1ccc(C(=O)Nc2nnc(C)s2)cc1. The minimum absolute atomic E-state index is 0.299. The Bertz CT molecular complexity index is 607. The summed E-state index contributed by atoms with van der Waals surface area (Å²) in [4.78, 5) is 23.1. The molecule has 0 aliphatic rings. The number of rotatable bonds is 3. The van der Waals surface area contributed by atoms with Crippen molar-refractivity contribution in [2.45, 2.75) is 6.92 Å². The van der Waals surface area contributed by atoms with Crippen LogP contribution in [0.15, 0.2) is 24.3 Å². The van der Waals surface area contributed by atoms with Crippen LogP contribution in [-0.4, -0.2) is 29.2 Å². The van der Waals surface area contributed by atoms with Crippen molar-refractivity contribution in [1.82, 2.24) is 10.2 Å². The molecule has 0 saturated heterocycles. The lowest BCUT2D eigenvalue weighted by Crippen LogP contribution is -2.12. The molecule has 0 aliphatic heterocycles. The quantitative estimate of drug-likeness (QED) is 0.866. The summed E-state index contributed by atoms with van der Waals surface area (Å²) in [6.07, 6.45) is 0. The molecule has 1 N–H and O–H groups in total. The van der Waals surface area contributed by atoms with Crippen molar-refractivity contribution in [2.75, 3.05) is 12.4 Å². The number of benzene rings is 1. The van der Waals surface area contributed by atoms with Crippen molar-refractivity contribution < 1.29 is 14.3 Å². The van der Waals surface area contributed by atoms with Gasteiger partial charge in [0.25, 0.3) is 5.91 Å². The summed E-state index contributed by atoms with van der Waals surface area (Å²) >= 11 is 1.29. The second kappa shape index (κ2) is 5.57. The number of nitrogens with zero attached hydrogens (tertiary/aromatic N) is 2. The van der Waals surface area contributed by atoms with Gasteiger partial charge in [-0.3, -0.25) is 10.1 Å². The first-order chi connectivity index (χ1) is 9.10. The number of aromatic nitrogens is 2. The Hall–Kier alpha value is -2.28. The molecule has 1 aromatic carbocycles. The van der Waals surface area contributed by atoms with E-state index in [9.17, 15) is 9.59 Å². The molecule has 0 atom stereocenters. The first-order valence-corrected chi connectivity index (χ1v) is 6.21. The van der Waals surface area contributed by atoms with Gasteiger partial charge in [-0.25, -0.2) is 4.79 Å². The number of carbonyl (C=O) groups excluding carboxylic acids is 2. The second-order valence-electron chi connectivity index (χ2n) is 3.65. The van der Waals surface area contributed by atoms with Crippen LogP contribution in [0.3, 0.4) is 0 Å².